The molecular weight excluding hydrogens is 414 g/mol. The largest absolute Gasteiger partial charge is 0.480 e. The number of unbranched alkanes of at least 4 members (excludes halogenated alkanes) is 2. The Morgan fingerprint density at radius 1 is 1.16 bits per heavy atom. The first-order chi connectivity index (χ1) is 15.0. The molecule has 1 aliphatic heterocycles. The van der Waals surface area contributed by atoms with Crippen LogP contribution in [0.3, 0.4) is 0 Å². The Morgan fingerprint density at radius 2 is 1.97 bits per heavy atom. The molecule has 0 saturated heterocycles. The minimum Gasteiger partial charge on any atom is -0.480 e. The molecule has 31 heavy (non-hydrogen) atoms. The summed E-state index contributed by atoms with van der Waals surface area (Å²) in [5, 5.41) is 12.7. The van der Waals surface area contributed by atoms with Crippen molar-refractivity contribution in [3.63, 3.8) is 0 Å². The van der Waals surface area contributed by atoms with E-state index in [1.54, 1.807) is 24.3 Å². The maximum absolute atomic E-state index is 12.3. The summed E-state index contributed by atoms with van der Waals surface area (Å²) in [5.74, 6) is -0.183. The van der Waals surface area contributed by atoms with Crippen molar-refractivity contribution in [3.8, 4) is 0 Å². The molecule has 0 fully saturated rings. The summed E-state index contributed by atoms with van der Waals surface area (Å²) in [6.45, 7) is 0.979. The first-order valence-electron chi connectivity index (χ1n) is 10.6. The number of hydrogen-bond acceptors (Lipinski definition) is 5. The lowest BCUT2D eigenvalue weighted by atomic mass is 10.1. The van der Waals surface area contributed by atoms with E-state index in [4.69, 9.17) is 0 Å². The number of benzene rings is 1. The van der Waals surface area contributed by atoms with E-state index in [0.29, 0.717) is 0 Å². The minimum absolute atomic E-state index is 0.0521. The van der Waals surface area contributed by atoms with E-state index in [1.807, 2.05) is 6.08 Å². The summed E-state index contributed by atoms with van der Waals surface area (Å²) in [6, 6.07) is 10.8. The molecule has 2 aromatic rings. The van der Waals surface area contributed by atoms with Crippen molar-refractivity contribution in [1.82, 2.24) is 9.71 Å². The number of hydrogen-bond donors (Lipinski definition) is 3. The number of allylic oxidation sites excluding steroid dienone is 1. The third-order valence-corrected chi connectivity index (χ3v) is 6.68. The zero-order valence-corrected chi connectivity index (χ0v) is 18.3. The highest BCUT2D eigenvalue weighted by atomic mass is 32.2. The fourth-order valence-electron chi connectivity index (χ4n) is 3.48. The topological polar surface area (TPSA) is 108 Å². The number of aromatic nitrogens is 1. The highest BCUT2D eigenvalue weighted by Crippen LogP contribution is 2.20. The molecule has 8 heteroatoms. The number of anilines is 1. The van der Waals surface area contributed by atoms with Gasteiger partial charge in [-0.3, -0.25) is 4.79 Å². The minimum atomic E-state index is -3.87. The van der Waals surface area contributed by atoms with Crippen molar-refractivity contribution < 1.29 is 18.3 Å². The van der Waals surface area contributed by atoms with Gasteiger partial charge in [-0.05, 0) is 68.7 Å². The quantitative estimate of drug-likeness (QED) is 0.362. The third kappa shape index (κ3) is 6.90. The number of nitrogens with one attached hydrogen (secondary N) is 2. The van der Waals surface area contributed by atoms with Crippen molar-refractivity contribution in [2.75, 3.05) is 11.9 Å². The third-order valence-electron chi connectivity index (χ3n) is 5.19. The van der Waals surface area contributed by atoms with Crippen LogP contribution < -0.4 is 10.0 Å². The normalized spacial score (nSPS) is 14.7. The van der Waals surface area contributed by atoms with Gasteiger partial charge < -0.3 is 10.4 Å². The smallest absolute Gasteiger partial charge is 0.322 e. The standard InChI is InChI=1S/C23H29N3O4S/c27-23(28)21(26-31(29,30)20-12-6-4-7-13-20)14-8-3-1-2-5-11-19-16-15-18-10-9-17-24-22(18)25-19/h3-4,6-8,12-13,15-16,21,26H,1-2,5,9-11,14,17H2,(H,24,25)(H,27,28)/b8-3+. The maximum atomic E-state index is 12.3. The zero-order chi connectivity index (χ0) is 22.1. The first kappa shape index (κ1) is 23.0. The molecular formula is C23H29N3O4S. The van der Waals surface area contributed by atoms with Crippen molar-refractivity contribution >= 4 is 21.8 Å². The lowest BCUT2D eigenvalue weighted by molar-refractivity contribution is -0.138. The average molecular weight is 444 g/mol. The Labute approximate surface area is 183 Å². The van der Waals surface area contributed by atoms with Crippen LogP contribution in [-0.2, 0) is 27.7 Å². The summed E-state index contributed by atoms with van der Waals surface area (Å²) in [7, 11) is -3.87. The van der Waals surface area contributed by atoms with Gasteiger partial charge in [0.15, 0.2) is 0 Å². The van der Waals surface area contributed by atoms with Crippen LogP contribution in [0.25, 0.3) is 0 Å². The molecule has 0 amide bonds. The van der Waals surface area contributed by atoms with E-state index < -0.39 is 22.0 Å². The van der Waals surface area contributed by atoms with Crippen molar-refractivity contribution in [3.05, 3.63) is 65.9 Å². The molecule has 0 aliphatic carbocycles. The summed E-state index contributed by atoms with van der Waals surface area (Å²) < 4.78 is 26.9. The molecule has 166 valence electrons. The van der Waals surface area contributed by atoms with Gasteiger partial charge in [0, 0.05) is 12.2 Å². The van der Waals surface area contributed by atoms with E-state index in [1.165, 1.54) is 17.7 Å². The molecule has 2 heterocycles. The monoisotopic (exact) mass is 443 g/mol. The Hall–Kier alpha value is -2.71. The predicted molar refractivity (Wildman–Crippen MR) is 121 cm³/mol. The lowest BCUT2D eigenvalue weighted by Crippen LogP contribution is -2.40. The first-order valence-corrected chi connectivity index (χ1v) is 12.1. The van der Waals surface area contributed by atoms with Crippen molar-refractivity contribution in [2.45, 2.75) is 55.9 Å². The summed E-state index contributed by atoms with van der Waals surface area (Å²) in [5.41, 5.74) is 2.37. The number of rotatable bonds is 11. The van der Waals surface area contributed by atoms with Crippen molar-refractivity contribution in [1.29, 1.82) is 0 Å². The van der Waals surface area contributed by atoms with Crippen LogP contribution in [-0.4, -0.2) is 37.1 Å². The maximum Gasteiger partial charge on any atom is 0.322 e. The van der Waals surface area contributed by atoms with Gasteiger partial charge >= 0.3 is 5.97 Å². The Bertz CT molecular complexity index is 1010. The number of sulfonamides is 1. The van der Waals surface area contributed by atoms with E-state index >= 15 is 0 Å². The number of carboxylic acid groups (broad SMARTS) is 1. The SMILES string of the molecule is O=C(O)C(C/C=C/CCCCc1ccc2c(n1)NCCC2)NS(=O)(=O)c1ccccc1. The Balaban J connectivity index is 1.41. The van der Waals surface area contributed by atoms with Crippen LogP contribution in [0.15, 0.2) is 59.5 Å². The van der Waals surface area contributed by atoms with Gasteiger partial charge in [0.25, 0.3) is 0 Å². The highest BCUT2D eigenvalue weighted by molar-refractivity contribution is 7.89. The van der Waals surface area contributed by atoms with Gasteiger partial charge in [0.1, 0.15) is 11.9 Å². The number of aliphatic carboxylic acids is 1. The molecule has 1 atom stereocenters. The second-order valence-electron chi connectivity index (χ2n) is 7.62. The molecule has 1 aromatic heterocycles. The fourth-order valence-corrected chi connectivity index (χ4v) is 4.70. The van der Waals surface area contributed by atoms with E-state index in [2.05, 4.69) is 27.2 Å². The second kappa shape index (κ2) is 11.1. The summed E-state index contributed by atoms with van der Waals surface area (Å²) in [6.07, 6.45) is 9.62. The molecule has 0 radical (unpaired) electrons. The Kier molecular flexibility index (Phi) is 8.20. The van der Waals surface area contributed by atoms with E-state index in [9.17, 15) is 18.3 Å². The molecule has 0 saturated carbocycles. The molecule has 3 N–H and O–H groups in total. The van der Waals surface area contributed by atoms with E-state index in [-0.39, 0.29) is 11.3 Å². The molecule has 0 spiro atoms. The van der Waals surface area contributed by atoms with Gasteiger partial charge in [-0.25, -0.2) is 13.4 Å². The van der Waals surface area contributed by atoms with Gasteiger partial charge in [-0.15, -0.1) is 0 Å². The van der Waals surface area contributed by atoms with Crippen LogP contribution in [0.1, 0.15) is 43.4 Å². The van der Waals surface area contributed by atoms with Crippen LogP contribution in [0, 0.1) is 0 Å². The fraction of sp³-hybridized carbons (Fsp3) is 0.391. The summed E-state index contributed by atoms with van der Waals surface area (Å²) in [4.78, 5) is 16.2. The molecule has 1 unspecified atom stereocenters. The molecule has 0 bridgehead atoms. The molecule has 3 rings (SSSR count). The van der Waals surface area contributed by atoms with Gasteiger partial charge in [-0.1, -0.05) is 36.4 Å². The number of aryl methyl sites for hydroxylation is 2. The summed E-state index contributed by atoms with van der Waals surface area (Å²) >= 11 is 0. The van der Waals surface area contributed by atoms with Crippen molar-refractivity contribution in [2.24, 2.45) is 0 Å². The predicted octanol–water partition coefficient (Wildman–Crippen LogP) is 3.53. The molecule has 1 aromatic carbocycles. The van der Waals surface area contributed by atoms with Gasteiger partial charge in [-0.2, -0.15) is 4.72 Å². The van der Waals surface area contributed by atoms with Gasteiger partial charge in [0.2, 0.25) is 10.0 Å². The molecule has 7 nitrogen and oxygen atoms in total. The lowest BCUT2D eigenvalue weighted by Gasteiger charge is -2.17. The van der Waals surface area contributed by atoms with E-state index in [0.717, 1.165) is 56.6 Å². The number of nitrogens with zero attached hydrogens (tertiary/aromatic N) is 1. The number of carbonyl (C=O) groups is 1. The van der Waals surface area contributed by atoms with Crippen LogP contribution in [0.4, 0.5) is 5.82 Å². The van der Waals surface area contributed by atoms with Crippen LogP contribution >= 0.6 is 0 Å². The average Bonchev–Trinajstić information content (AvgIpc) is 2.78. The zero-order valence-electron chi connectivity index (χ0n) is 17.5. The van der Waals surface area contributed by atoms with Crippen LogP contribution in [0.2, 0.25) is 0 Å². The number of pyridine rings is 1. The second-order valence-corrected chi connectivity index (χ2v) is 9.33. The van der Waals surface area contributed by atoms with Crippen LogP contribution in [0.5, 0.6) is 0 Å². The highest BCUT2D eigenvalue weighted by Gasteiger charge is 2.24. The van der Waals surface area contributed by atoms with Gasteiger partial charge in [0.05, 0.1) is 4.90 Å². The number of fused-ring (bicyclic) bond motifs is 1. The molecule has 1 aliphatic rings. The Morgan fingerprint density at radius 3 is 2.74 bits per heavy atom. The number of carboxylic acids is 1.